The predicted molar refractivity (Wildman–Crippen MR) is 62.0 cm³/mol. The van der Waals surface area contributed by atoms with Gasteiger partial charge in [0.15, 0.2) is 0 Å². The fourth-order valence-electron chi connectivity index (χ4n) is 1.86. The summed E-state index contributed by atoms with van der Waals surface area (Å²) >= 11 is 0. The smallest absolute Gasteiger partial charge is 0.141 e. The number of ether oxygens (including phenoxy) is 3. The molecule has 17 heavy (non-hydrogen) atoms. The fraction of sp³-hybridized carbons (Fsp3) is 0.667. The Morgan fingerprint density at radius 1 is 0.882 bits per heavy atom. The first-order valence-corrected chi connectivity index (χ1v) is 5.47. The van der Waals surface area contributed by atoms with E-state index in [0.717, 1.165) is 0 Å². The van der Waals surface area contributed by atoms with Gasteiger partial charge in [-0.05, 0) is 6.92 Å². The Labute approximate surface area is 101 Å². The molecule has 0 heterocycles. The fourth-order valence-corrected chi connectivity index (χ4v) is 1.86. The minimum absolute atomic E-state index is 0.384. The molecule has 0 bridgehead atoms. The molecule has 1 aliphatic carbocycles. The molecule has 2 unspecified atom stereocenters. The Kier molecular flexibility index (Phi) is 4.84. The lowest BCUT2D eigenvalue weighted by molar-refractivity contribution is 0.0457. The lowest BCUT2D eigenvalue weighted by atomic mass is 9.93. The maximum Gasteiger partial charge on any atom is 0.141 e. The first-order chi connectivity index (χ1) is 8.04. The van der Waals surface area contributed by atoms with Gasteiger partial charge in [-0.3, -0.25) is 0 Å². The normalized spacial score (nSPS) is 20.1. The average molecular weight is 244 g/mol. The van der Waals surface area contributed by atoms with Crippen molar-refractivity contribution < 1.29 is 24.4 Å². The van der Waals surface area contributed by atoms with Crippen LogP contribution in [-0.2, 0) is 14.2 Å². The summed E-state index contributed by atoms with van der Waals surface area (Å²) in [4.78, 5) is 0. The van der Waals surface area contributed by atoms with Gasteiger partial charge in [-0.25, -0.2) is 0 Å². The van der Waals surface area contributed by atoms with E-state index in [-0.39, 0.29) is 0 Å². The molecule has 5 heteroatoms. The van der Waals surface area contributed by atoms with Crippen molar-refractivity contribution in [3.63, 3.8) is 0 Å². The van der Waals surface area contributed by atoms with Crippen molar-refractivity contribution in [2.45, 2.75) is 32.0 Å². The molecule has 5 nitrogen and oxygen atoms in total. The van der Waals surface area contributed by atoms with Gasteiger partial charge in [0, 0.05) is 12.0 Å². The van der Waals surface area contributed by atoms with Crippen LogP contribution in [0.4, 0.5) is 0 Å². The molecule has 0 radical (unpaired) electrons. The highest BCUT2D eigenvalue weighted by molar-refractivity contribution is 5.29. The highest BCUT2D eigenvalue weighted by atomic mass is 16.5. The van der Waals surface area contributed by atoms with Crippen LogP contribution < -0.4 is 0 Å². The SMILES string of the molecule is COC1=C(OC)CC(C(O)C(C)O)=C(OC)C1. The van der Waals surface area contributed by atoms with E-state index >= 15 is 0 Å². The molecule has 0 aromatic heterocycles. The Morgan fingerprint density at radius 3 is 1.76 bits per heavy atom. The summed E-state index contributed by atoms with van der Waals surface area (Å²) in [6.07, 6.45) is -0.990. The Balaban J connectivity index is 2.99. The summed E-state index contributed by atoms with van der Waals surface area (Å²) in [6.45, 7) is 1.53. The minimum atomic E-state index is -0.950. The van der Waals surface area contributed by atoms with E-state index in [1.807, 2.05) is 0 Å². The molecule has 1 rings (SSSR count). The maximum atomic E-state index is 9.92. The zero-order chi connectivity index (χ0) is 13.0. The molecule has 2 N–H and O–H groups in total. The minimum Gasteiger partial charge on any atom is -0.501 e. The van der Waals surface area contributed by atoms with Crippen LogP contribution in [0, 0.1) is 0 Å². The molecule has 1 aliphatic rings. The van der Waals surface area contributed by atoms with E-state index in [9.17, 15) is 10.2 Å². The van der Waals surface area contributed by atoms with Gasteiger partial charge in [-0.15, -0.1) is 0 Å². The molecular formula is C12H20O5. The van der Waals surface area contributed by atoms with Crippen LogP contribution in [0.5, 0.6) is 0 Å². The van der Waals surface area contributed by atoms with Crippen molar-refractivity contribution in [2.75, 3.05) is 21.3 Å². The van der Waals surface area contributed by atoms with Crippen LogP contribution >= 0.6 is 0 Å². The van der Waals surface area contributed by atoms with Gasteiger partial charge in [0.1, 0.15) is 23.4 Å². The van der Waals surface area contributed by atoms with Crippen LogP contribution in [0.15, 0.2) is 22.9 Å². The summed E-state index contributed by atoms with van der Waals surface area (Å²) in [5.74, 6) is 1.96. The Bertz CT molecular complexity index is 330. The quantitative estimate of drug-likeness (QED) is 0.753. The van der Waals surface area contributed by atoms with Crippen LogP contribution in [-0.4, -0.2) is 43.8 Å². The average Bonchev–Trinajstić information content (AvgIpc) is 2.35. The number of rotatable bonds is 5. The second-order valence-electron chi connectivity index (χ2n) is 3.95. The van der Waals surface area contributed by atoms with E-state index in [2.05, 4.69) is 0 Å². The second kappa shape index (κ2) is 5.93. The maximum absolute atomic E-state index is 9.92. The second-order valence-corrected chi connectivity index (χ2v) is 3.95. The number of allylic oxidation sites excluding steroid dienone is 1. The number of hydrogen-bond acceptors (Lipinski definition) is 5. The number of hydrogen-bond donors (Lipinski definition) is 2. The first kappa shape index (κ1) is 13.9. The molecule has 98 valence electrons. The van der Waals surface area contributed by atoms with E-state index in [1.165, 1.54) is 14.0 Å². The van der Waals surface area contributed by atoms with E-state index in [0.29, 0.717) is 35.7 Å². The number of aliphatic hydroxyl groups is 2. The molecule has 0 amide bonds. The lowest BCUT2D eigenvalue weighted by Gasteiger charge is -2.27. The zero-order valence-electron chi connectivity index (χ0n) is 10.7. The van der Waals surface area contributed by atoms with Gasteiger partial charge in [0.25, 0.3) is 0 Å². The van der Waals surface area contributed by atoms with Crippen molar-refractivity contribution >= 4 is 0 Å². The molecule has 0 fully saturated rings. The van der Waals surface area contributed by atoms with Gasteiger partial charge in [0.05, 0.1) is 33.9 Å². The Morgan fingerprint density at radius 2 is 1.35 bits per heavy atom. The lowest BCUT2D eigenvalue weighted by Crippen LogP contribution is -2.28. The zero-order valence-corrected chi connectivity index (χ0v) is 10.7. The summed E-state index contributed by atoms with van der Waals surface area (Å²) in [6, 6.07) is 0. The third-order valence-electron chi connectivity index (χ3n) is 2.89. The third-order valence-corrected chi connectivity index (χ3v) is 2.89. The van der Waals surface area contributed by atoms with Gasteiger partial charge in [0.2, 0.25) is 0 Å². The summed E-state index contributed by atoms with van der Waals surface area (Å²) < 4.78 is 15.7. The molecule has 0 saturated heterocycles. The molecule has 0 aromatic rings. The summed E-state index contributed by atoms with van der Waals surface area (Å²) in [7, 11) is 4.66. The van der Waals surface area contributed by atoms with Crippen LogP contribution in [0.3, 0.4) is 0 Å². The van der Waals surface area contributed by atoms with Gasteiger partial charge in [-0.2, -0.15) is 0 Å². The third kappa shape index (κ3) is 2.92. The molecule has 0 saturated carbocycles. The van der Waals surface area contributed by atoms with Gasteiger partial charge >= 0.3 is 0 Å². The molecule has 0 aromatic carbocycles. The first-order valence-electron chi connectivity index (χ1n) is 5.47. The topological polar surface area (TPSA) is 68.2 Å². The monoisotopic (exact) mass is 244 g/mol. The number of methoxy groups -OCH3 is 3. The van der Waals surface area contributed by atoms with Crippen LogP contribution in [0.2, 0.25) is 0 Å². The van der Waals surface area contributed by atoms with Crippen LogP contribution in [0.1, 0.15) is 19.8 Å². The van der Waals surface area contributed by atoms with Crippen LogP contribution in [0.25, 0.3) is 0 Å². The molecule has 0 spiro atoms. The van der Waals surface area contributed by atoms with E-state index in [1.54, 1.807) is 14.2 Å². The molecule has 2 atom stereocenters. The van der Waals surface area contributed by atoms with Crippen molar-refractivity contribution in [1.82, 2.24) is 0 Å². The molecule has 0 aliphatic heterocycles. The van der Waals surface area contributed by atoms with Gasteiger partial charge in [-0.1, -0.05) is 0 Å². The highest BCUT2D eigenvalue weighted by Crippen LogP contribution is 2.33. The standard InChI is InChI=1S/C12H20O5/c1-7(13)12(14)8-5-10(16-3)11(17-4)6-9(8)15-2/h7,12-14H,5-6H2,1-4H3. The van der Waals surface area contributed by atoms with Crippen molar-refractivity contribution in [1.29, 1.82) is 0 Å². The predicted octanol–water partition coefficient (Wildman–Crippen LogP) is 0.927. The van der Waals surface area contributed by atoms with Crippen molar-refractivity contribution in [3.8, 4) is 0 Å². The summed E-state index contributed by atoms with van der Waals surface area (Å²) in [5.41, 5.74) is 0.639. The van der Waals surface area contributed by atoms with E-state index in [4.69, 9.17) is 14.2 Å². The highest BCUT2D eigenvalue weighted by Gasteiger charge is 2.29. The van der Waals surface area contributed by atoms with Crippen molar-refractivity contribution in [2.24, 2.45) is 0 Å². The largest absolute Gasteiger partial charge is 0.501 e. The Hall–Kier alpha value is -1.20. The van der Waals surface area contributed by atoms with Crippen molar-refractivity contribution in [3.05, 3.63) is 22.9 Å². The number of aliphatic hydroxyl groups excluding tert-OH is 2. The summed E-state index contributed by atoms with van der Waals surface area (Å²) in [5, 5.41) is 19.4. The van der Waals surface area contributed by atoms with Gasteiger partial charge < -0.3 is 24.4 Å². The molecular weight excluding hydrogens is 224 g/mol. The van der Waals surface area contributed by atoms with E-state index < -0.39 is 12.2 Å².